The van der Waals surface area contributed by atoms with Crippen molar-refractivity contribution >= 4 is 15.9 Å². The topological polar surface area (TPSA) is 58.3 Å². The summed E-state index contributed by atoms with van der Waals surface area (Å²) in [6.07, 6.45) is 5.14. The summed E-state index contributed by atoms with van der Waals surface area (Å²) in [5, 5.41) is 25.4. The molecule has 0 amide bonds. The Morgan fingerprint density at radius 3 is 2.53 bits per heavy atom. The van der Waals surface area contributed by atoms with Crippen LogP contribution in [0.4, 0.5) is 0 Å². The van der Waals surface area contributed by atoms with Gasteiger partial charge in [0.1, 0.15) is 0 Å². The molecule has 0 bridgehead atoms. The van der Waals surface area contributed by atoms with Crippen LogP contribution in [0.1, 0.15) is 50.4 Å². The van der Waals surface area contributed by atoms with Crippen LogP contribution in [0.25, 0.3) is 0 Å². The summed E-state index contributed by atoms with van der Waals surface area (Å²) in [6, 6.07) is 0. The van der Waals surface area contributed by atoms with E-state index in [0.717, 1.165) is 41.5 Å². The third-order valence-electron chi connectivity index (χ3n) is 4.23. The summed E-state index contributed by atoms with van der Waals surface area (Å²) in [7, 11) is 1.89. The molecule has 1 heterocycles. The Morgan fingerprint density at radius 2 is 2.00 bits per heavy atom. The largest absolute Gasteiger partial charge is 0.390 e. The zero-order valence-corrected chi connectivity index (χ0v) is 13.3. The highest BCUT2D eigenvalue weighted by Gasteiger charge is 2.37. The fourth-order valence-corrected chi connectivity index (χ4v) is 3.69. The number of hydrogen-bond donors (Lipinski definition) is 2. The molecule has 1 aromatic heterocycles. The van der Waals surface area contributed by atoms with E-state index in [9.17, 15) is 10.2 Å². The summed E-state index contributed by atoms with van der Waals surface area (Å²) < 4.78 is 2.77. The van der Waals surface area contributed by atoms with Crippen molar-refractivity contribution in [1.29, 1.82) is 0 Å². The van der Waals surface area contributed by atoms with E-state index >= 15 is 0 Å². The van der Waals surface area contributed by atoms with Gasteiger partial charge in [0.2, 0.25) is 0 Å². The number of rotatable bonds is 4. The van der Waals surface area contributed by atoms with E-state index in [1.807, 2.05) is 7.05 Å². The van der Waals surface area contributed by atoms with Gasteiger partial charge in [0.25, 0.3) is 0 Å². The van der Waals surface area contributed by atoms with Gasteiger partial charge in [0.15, 0.2) is 0 Å². The highest BCUT2D eigenvalue weighted by Crippen LogP contribution is 2.33. The summed E-state index contributed by atoms with van der Waals surface area (Å²) in [4.78, 5) is 0. The van der Waals surface area contributed by atoms with Crippen LogP contribution >= 0.6 is 15.9 Å². The lowest BCUT2D eigenvalue weighted by Crippen LogP contribution is -2.45. The number of halogens is 1. The SMILES string of the molecule is CCc1nn(C)c(CC(O)C2(O)CCCCC2)c1Br. The van der Waals surface area contributed by atoms with E-state index in [4.69, 9.17) is 0 Å². The van der Waals surface area contributed by atoms with Gasteiger partial charge in [-0.2, -0.15) is 5.10 Å². The van der Waals surface area contributed by atoms with Crippen molar-refractivity contribution in [3.8, 4) is 0 Å². The van der Waals surface area contributed by atoms with Crippen molar-refractivity contribution < 1.29 is 10.2 Å². The van der Waals surface area contributed by atoms with E-state index < -0.39 is 11.7 Å². The Kier molecular flexibility index (Phi) is 4.69. The lowest BCUT2D eigenvalue weighted by molar-refractivity contribution is -0.0966. The van der Waals surface area contributed by atoms with E-state index in [-0.39, 0.29) is 0 Å². The lowest BCUT2D eigenvalue weighted by Gasteiger charge is -2.36. The van der Waals surface area contributed by atoms with Gasteiger partial charge in [0, 0.05) is 13.5 Å². The highest BCUT2D eigenvalue weighted by atomic mass is 79.9. The van der Waals surface area contributed by atoms with Gasteiger partial charge in [-0.25, -0.2) is 0 Å². The van der Waals surface area contributed by atoms with Crippen LogP contribution in [0.5, 0.6) is 0 Å². The minimum atomic E-state index is -0.922. The standard InChI is InChI=1S/C14H23BrN2O2/c1-3-10-13(15)11(17(2)16-10)9-12(18)14(19)7-5-4-6-8-14/h12,18-19H,3-9H2,1-2H3. The monoisotopic (exact) mass is 330 g/mol. The van der Waals surface area contributed by atoms with Gasteiger partial charge in [-0.3, -0.25) is 4.68 Å². The molecule has 1 unspecified atom stereocenters. The predicted octanol–water partition coefficient (Wildman–Crippen LogP) is 2.34. The molecule has 4 nitrogen and oxygen atoms in total. The second-order valence-electron chi connectivity index (χ2n) is 5.57. The fraction of sp³-hybridized carbons (Fsp3) is 0.786. The molecule has 1 atom stereocenters. The number of aryl methyl sites for hydroxylation is 2. The highest BCUT2D eigenvalue weighted by molar-refractivity contribution is 9.10. The molecule has 108 valence electrons. The number of nitrogens with zero attached hydrogens (tertiary/aromatic N) is 2. The van der Waals surface area contributed by atoms with Crippen molar-refractivity contribution in [2.24, 2.45) is 7.05 Å². The Hall–Kier alpha value is -0.390. The zero-order chi connectivity index (χ0) is 14.0. The molecule has 5 heteroatoms. The van der Waals surface area contributed by atoms with E-state index in [0.29, 0.717) is 19.3 Å². The van der Waals surface area contributed by atoms with Crippen LogP contribution in [-0.4, -0.2) is 31.7 Å². The molecule has 0 spiro atoms. The normalized spacial score (nSPS) is 20.5. The van der Waals surface area contributed by atoms with Gasteiger partial charge in [-0.05, 0) is 35.2 Å². The lowest BCUT2D eigenvalue weighted by atomic mass is 9.79. The van der Waals surface area contributed by atoms with Gasteiger partial charge in [-0.1, -0.05) is 26.2 Å². The van der Waals surface area contributed by atoms with Crippen molar-refractivity contribution in [1.82, 2.24) is 9.78 Å². The van der Waals surface area contributed by atoms with Crippen molar-refractivity contribution in [2.45, 2.75) is 63.6 Å². The first kappa shape index (κ1) is 15.0. The Bertz CT molecular complexity index is 439. The van der Waals surface area contributed by atoms with Crippen molar-refractivity contribution in [3.63, 3.8) is 0 Å². The number of aromatic nitrogens is 2. The third-order valence-corrected chi connectivity index (χ3v) is 5.14. The Labute approximate surface area is 123 Å². The summed E-state index contributed by atoms with van der Waals surface area (Å²) in [5.74, 6) is 0. The van der Waals surface area contributed by atoms with Crippen molar-refractivity contribution in [3.05, 3.63) is 15.9 Å². The summed E-state index contributed by atoms with van der Waals surface area (Å²) in [5.41, 5.74) is 1.04. The first-order chi connectivity index (χ1) is 8.98. The van der Waals surface area contributed by atoms with Crippen LogP contribution in [0, 0.1) is 0 Å². The van der Waals surface area contributed by atoms with E-state index in [2.05, 4.69) is 28.0 Å². The van der Waals surface area contributed by atoms with Crippen LogP contribution in [0.15, 0.2) is 4.47 Å². The van der Waals surface area contributed by atoms with Gasteiger partial charge >= 0.3 is 0 Å². The molecule has 0 radical (unpaired) electrons. The zero-order valence-electron chi connectivity index (χ0n) is 11.7. The van der Waals surface area contributed by atoms with Crippen LogP contribution in [-0.2, 0) is 19.9 Å². The van der Waals surface area contributed by atoms with Gasteiger partial charge < -0.3 is 10.2 Å². The minimum Gasteiger partial charge on any atom is -0.390 e. The van der Waals surface area contributed by atoms with Gasteiger partial charge in [0.05, 0.1) is 27.6 Å². The number of aliphatic hydroxyl groups excluding tert-OH is 1. The molecular weight excluding hydrogens is 308 g/mol. The average molecular weight is 331 g/mol. The summed E-state index contributed by atoms with van der Waals surface area (Å²) in [6.45, 7) is 2.06. The molecule has 1 aliphatic rings. The maximum absolute atomic E-state index is 10.6. The van der Waals surface area contributed by atoms with Crippen LogP contribution < -0.4 is 0 Å². The fourth-order valence-electron chi connectivity index (χ4n) is 2.91. The molecule has 19 heavy (non-hydrogen) atoms. The van der Waals surface area contributed by atoms with Crippen LogP contribution in [0.3, 0.4) is 0 Å². The Morgan fingerprint density at radius 1 is 1.37 bits per heavy atom. The Balaban J connectivity index is 2.14. The van der Waals surface area contributed by atoms with Crippen molar-refractivity contribution in [2.75, 3.05) is 0 Å². The van der Waals surface area contributed by atoms with E-state index in [1.54, 1.807) is 4.68 Å². The molecule has 1 aliphatic carbocycles. The minimum absolute atomic E-state index is 0.445. The molecule has 2 rings (SSSR count). The molecule has 1 fully saturated rings. The molecule has 0 aromatic carbocycles. The van der Waals surface area contributed by atoms with E-state index in [1.165, 1.54) is 0 Å². The number of aliphatic hydroxyl groups is 2. The van der Waals surface area contributed by atoms with Crippen LogP contribution in [0.2, 0.25) is 0 Å². The third kappa shape index (κ3) is 3.03. The first-order valence-electron chi connectivity index (χ1n) is 7.08. The second-order valence-corrected chi connectivity index (χ2v) is 6.36. The molecule has 2 N–H and O–H groups in total. The maximum atomic E-state index is 10.6. The molecule has 1 aromatic rings. The quantitative estimate of drug-likeness (QED) is 0.890. The second kappa shape index (κ2) is 5.94. The molecule has 1 saturated carbocycles. The number of hydrogen-bond acceptors (Lipinski definition) is 3. The maximum Gasteiger partial charge on any atom is 0.0909 e. The predicted molar refractivity (Wildman–Crippen MR) is 78.0 cm³/mol. The molecular formula is C14H23BrN2O2. The van der Waals surface area contributed by atoms with Gasteiger partial charge in [-0.15, -0.1) is 0 Å². The molecule has 0 aliphatic heterocycles. The molecule has 0 saturated heterocycles. The smallest absolute Gasteiger partial charge is 0.0909 e. The summed E-state index contributed by atoms with van der Waals surface area (Å²) >= 11 is 3.56. The first-order valence-corrected chi connectivity index (χ1v) is 7.88. The average Bonchev–Trinajstić information content (AvgIpc) is 2.67.